The molecule has 21 heavy (non-hydrogen) atoms. The highest BCUT2D eigenvalue weighted by Gasteiger charge is 2.37. The number of carbonyl (C=O) groups is 2. The third kappa shape index (κ3) is 2.07. The Morgan fingerprint density at radius 3 is 2.14 bits per heavy atom. The van der Waals surface area contributed by atoms with E-state index in [0.717, 1.165) is 10.5 Å². The SMILES string of the molecule is Cc1ccc2c(c1)C(=O)N(c1cc(Cl)c(O)c(Cl)c1)C2=O. The van der Waals surface area contributed by atoms with Crippen molar-refractivity contribution in [3.63, 3.8) is 0 Å². The van der Waals surface area contributed by atoms with Crippen molar-refractivity contribution >= 4 is 40.7 Å². The maximum Gasteiger partial charge on any atom is 0.266 e. The quantitative estimate of drug-likeness (QED) is 0.812. The molecule has 0 saturated heterocycles. The highest BCUT2D eigenvalue weighted by Crippen LogP contribution is 2.38. The van der Waals surface area contributed by atoms with E-state index in [4.69, 9.17) is 23.2 Å². The van der Waals surface area contributed by atoms with Gasteiger partial charge in [0.2, 0.25) is 0 Å². The predicted molar refractivity (Wildman–Crippen MR) is 80.4 cm³/mol. The number of carbonyl (C=O) groups excluding carboxylic acids is 2. The van der Waals surface area contributed by atoms with Gasteiger partial charge in [-0.25, -0.2) is 4.90 Å². The third-order valence-corrected chi connectivity index (χ3v) is 3.88. The van der Waals surface area contributed by atoms with Crippen LogP contribution in [0.25, 0.3) is 0 Å². The highest BCUT2D eigenvalue weighted by atomic mass is 35.5. The van der Waals surface area contributed by atoms with Gasteiger partial charge < -0.3 is 5.11 Å². The van der Waals surface area contributed by atoms with Crippen LogP contribution in [0, 0.1) is 6.92 Å². The van der Waals surface area contributed by atoms with Crippen LogP contribution in [0.15, 0.2) is 30.3 Å². The van der Waals surface area contributed by atoms with Crippen LogP contribution >= 0.6 is 23.2 Å². The summed E-state index contributed by atoms with van der Waals surface area (Å²) in [6, 6.07) is 7.71. The zero-order valence-electron chi connectivity index (χ0n) is 10.9. The smallest absolute Gasteiger partial charge is 0.266 e. The Morgan fingerprint density at radius 1 is 0.952 bits per heavy atom. The number of amides is 2. The van der Waals surface area contributed by atoms with Crippen LogP contribution in [0.4, 0.5) is 5.69 Å². The van der Waals surface area contributed by atoms with E-state index in [1.54, 1.807) is 18.2 Å². The largest absolute Gasteiger partial charge is 0.505 e. The van der Waals surface area contributed by atoms with E-state index in [-0.39, 0.29) is 21.5 Å². The molecule has 4 nitrogen and oxygen atoms in total. The van der Waals surface area contributed by atoms with Gasteiger partial charge in [0.1, 0.15) is 0 Å². The fraction of sp³-hybridized carbons (Fsp3) is 0.0667. The van der Waals surface area contributed by atoms with Gasteiger partial charge in [0, 0.05) is 0 Å². The summed E-state index contributed by atoms with van der Waals surface area (Å²) >= 11 is 11.7. The lowest BCUT2D eigenvalue weighted by atomic mass is 10.1. The van der Waals surface area contributed by atoms with Gasteiger partial charge in [-0.2, -0.15) is 0 Å². The molecule has 2 aromatic carbocycles. The van der Waals surface area contributed by atoms with E-state index in [9.17, 15) is 14.7 Å². The van der Waals surface area contributed by atoms with Gasteiger partial charge in [0.25, 0.3) is 11.8 Å². The monoisotopic (exact) mass is 321 g/mol. The number of halogens is 2. The molecule has 1 aliphatic heterocycles. The summed E-state index contributed by atoms with van der Waals surface area (Å²) in [7, 11) is 0. The van der Waals surface area contributed by atoms with Crippen molar-refractivity contribution in [2.75, 3.05) is 4.90 Å². The molecule has 6 heteroatoms. The van der Waals surface area contributed by atoms with Crippen LogP contribution in [0.2, 0.25) is 10.0 Å². The zero-order chi connectivity index (χ0) is 15.3. The number of aryl methyl sites for hydroxylation is 1. The molecule has 0 aliphatic carbocycles. The lowest BCUT2D eigenvalue weighted by molar-refractivity contribution is 0.0926. The lowest BCUT2D eigenvalue weighted by Gasteiger charge is -2.15. The number of phenolic OH excluding ortho intramolecular Hbond substituents is 1. The van der Waals surface area contributed by atoms with Crippen LogP contribution in [0.1, 0.15) is 26.3 Å². The first-order chi connectivity index (χ1) is 9.90. The zero-order valence-corrected chi connectivity index (χ0v) is 12.4. The Balaban J connectivity index is 2.14. The maximum absolute atomic E-state index is 12.4. The highest BCUT2D eigenvalue weighted by molar-refractivity contribution is 6.39. The van der Waals surface area contributed by atoms with Gasteiger partial charge in [-0.05, 0) is 31.2 Å². The number of fused-ring (bicyclic) bond motifs is 1. The van der Waals surface area contributed by atoms with Gasteiger partial charge in [-0.15, -0.1) is 0 Å². The van der Waals surface area contributed by atoms with Gasteiger partial charge in [-0.1, -0.05) is 34.8 Å². The number of nitrogens with zero attached hydrogens (tertiary/aromatic N) is 1. The first-order valence-corrected chi connectivity index (χ1v) is 6.83. The number of rotatable bonds is 1. The molecule has 0 aromatic heterocycles. The molecule has 1 heterocycles. The van der Waals surface area contributed by atoms with E-state index in [2.05, 4.69) is 0 Å². The van der Waals surface area contributed by atoms with Crippen molar-refractivity contribution in [1.82, 2.24) is 0 Å². The fourth-order valence-electron chi connectivity index (χ4n) is 2.27. The normalized spacial score (nSPS) is 13.8. The summed E-state index contributed by atoms with van der Waals surface area (Å²) in [5.74, 6) is -1.15. The standard InChI is InChI=1S/C15H9Cl2NO3/c1-7-2-3-9-10(4-7)15(21)18(14(9)20)8-5-11(16)13(19)12(17)6-8/h2-6,19H,1H3. The topological polar surface area (TPSA) is 57.6 Å². The number of aromatic hydroxyl groups is 1. The molecule has 3 rings (SSSR count). The Morgan fingerprint density at radius 2 is 1.52 bits per heavy atom. The Labute approximate surface area is 130 Å². The van der Waals surface area contributed by atoms with Crippen molar-refractivity contribution < 1.29 is 14.7 Å². The number of benzene rings is 2. The molecule has 0 atom stereocenters. The van der Waals surface area contributed by atoms with E-state index >= 15 is 0 Å². The average molecular weight is 322 g/mol. The summed E-state index contributed by atoms with van der Waals surface area (Å²) in [6.07, 6.45) is 0. The lowest BCUT2D eigenvalue weighted by Crippen LogP contribution is -2.29. The molecule has 0 bridgehead atoms. The number of hydrogen-bond donors (Lipinski definition) is 1. The molecule has 106 valence electrons. The van der Waals surface area contributed by atoms with Crippen LogP contribution in [-0.4, -0.2) is 16.9 Å². The second kappa shape index (κ2) is 4.76. The Hall–Kier alpha value is -2.04. The van der Waals surface area contributed by atoms with E-state index < -0.39 is 11.8 Å². The molecule has 0 unspecified atom stereocenters. The van der Waals surface area contributed by atoms with E-state index in [1.165, 1.54) is 12.1 Å². The molecule has 2 aromatic rings. The van der Waals surface area contributed by atoms with Gasteiger partial charge >= 0.3 is 0 Å². The molecule has 0 saturated carbocycles. The van der Waals surface area contributed by atoms with Crippen LogP contribution in [0.3, 0.4) is 0 Å². The molecule has 0 fully saturated rings. The summed E-state index contributed by atoms with van der Waals surface area (Å²) in [6.45, 7) is 1.84. The van der Waals surface area contributed by atoms with Crippen molar-refractivity contribution in [1.29, 1.82) is 0 Å². The molecule has 0 radical (unpaired) electrons. The summed E-state index contributed by atoms with van der Waals surface area (Å²) < 4.78 is 0. The second-order valence-electron chi connectivity index (χ2n) is 4.75. The minimum Gasteiger partial charge on any atom is -0.505 e. The maximum atomic E-state index is 12.4. The predicted octanol–water partition coefficient (Wildman–Crippen LogP) is 3.81. The number of anilines is 1. The van der Waals surface area contributed by atoms with E-state index in [0.29, 0.717) is 11.1 Å². The summed E-state index contributed by atoms with van der Waals surface area (Å²) in [4.78, 5) is 25.8. The van der Waals surface area contributed by atoms with Crippen LogP contribution < -0.4 is 4.90 Å². The van der Waals surface area contributed by atoms with Gasteiger partial charge in [0.15, 0.2) is 5.75 Å². The van der Waals surface area contributed by atoms with Crippen molar-refractivity contribution in [3.8, 4) is 5.75 Å². The molecular weight excluding hydrogens is 313 g/mol. The minimum absolute atomic E-state index is 0.0229. The number of phenols is 1. The van der Waals surface area contributed by atoms with Crippen molar-refractivity contribution in [3.05, 3.63) is 57.1 Å². The Bertz CT molecular complexity index is 778. The molecule has 0 spiro atoms. The van der Waals surface area contributed by atoms with Gasteiger partial charge in [-0.3, -0.25) is 9.59 Å². The number of hydrogen-bond acceptors (Lipinski definition) is 3. The second-order valence-corrected chi connectivity index (χ2v) is 5.57. The van der Waals surface area contributed by atoms with E-state index in [1.807, 2.05) is 6.92 Å². The molecule has 2 amide bonds. The first-order valence-electron chi connectivity index (χ1n) is 6.07. The first kappa shape index (κ1) is 13.9. The average Bonchev–Trinajstić information content (AvgIpc) is 2.67. The Kier molecular flexibility index (Phi) is 3.15. The van der Waals surface area contributed by atoms with Crippen LogP contribution in [0.5, 0.6) is 5.75 Å². The minimum atomic E-state index is -0.437. The summed E-state index contributed by atoms with van der Waals surface area (Å²) in [5, 5.41) is 9.52. The summed E-state index contributed by atoms with van der Waals surface area (Å²) in [5.41, 5.74) is 1.80. The van der Waals surface area contributed by atoms with Crippen LogP contribution in [-0.2, 0) is 0 Å². The third-order valence-electron chi connectivity index (χ3n) is 3.30. The molecule has 1 N–H and O–H groups in total. The molecule has 1 aliphatic rings. The fourth-order valence-corrected chi connectivity index (χ4v) is 2.75. The van der Waals surface area contributed by atoms with Crippen molar-refractivity contribution in [2.45, 2.75) is 6.92 Å². The van der Waals surface area contributed by atoms with Gasteiger partial charge in [0.05, 0.1) is 26.9 Å². The number of imide groups is 1. The van der Waals surface area contributed by atoms with Crippen molar-refractivity contribution in [2.24, 2.45) is 0 Å². The molecular formula is C15H9Cl2NO3.